The molecule has 4 rings (SSSR count). The van der Waals surface area contributed by atoms with Crippen LogP contribution in [0.4, 0.5) is 0 Å². The number of para-hydroxylation sites is 2. The summed E-state index contributed by atoms with van der Waals surface area (Å²) in [6, 6.07) is 15.1. The van der Waals surface area contributed by atoms with Gasteiger partial charge in [-0.05, 0) is 50.5 Å². The van der Waals surface area contributed by atoms with E-state index < -0.39 is 0 Å². The summed E-state index contributed by atoms with van der Waals surface area (Å²) in [5, 5.41) is 1.29. The lowest BCUT2D eigenvalue weighted by molar-refractivity contribution is -0.135. The van der Waals surface area contributed by atoms with E-state index in [4.69, 9.17) is 5.73 Å². The Hall–Kier alpha value is -2.66. The molecule has 1 aliphatic heterocycles. The first-order chi connectivity index (χ1) is 13.1. The number of nitrogens with two attached hydrogens (primary N) is 1. The minimum absolute atomic E-state index is 0.0105. The van der Waals surface area contributed by atoms with E-state index in [1.165, 1.54) is 0 Å². The Kier molecular flexibility index (Phi) is 4.70. The number of pyridine rings is 1. The van der Waals surface area contributed by atoms with Crippen molar-refractivity contribution in [2.45, 2.75) is 44.8 Å². The smallest absolute Gasteiger partial charge is 0.242 e. The number of benzene rings is 2. The average molecular weight is 363 g/mol. The maximum Gasteiger partial charge on any atom is 0.242 e. The minimum atomic E-state index is -0.0447. The van der Waals surface area contributed by atoms with E-state index in [1.54, 1.807) is 0 Å². The number of carbonyl (C=O) groups is 1. The SMILES string of the molecule is CC(N)C1CCCCN1C(=O)Cn1c2ccccc2c(=O)c2ccccc21. The standard InChI is InChI=1S/C22H25N3O2/c1-15(23)18-10-6-7-13-24(18)21(26)14-25-19-11-4-2-8-16(19)22(27)17-9-3-5-12-20(17)25/h2-5,8-9,11-12,15,18H,6-7,10,13-14,23H2,1H3. The van der Waals surface area contributed by atoms with E-state index in [2.05, 4.69) is 0 Å². The molecule has 2 heterocycles. The Morgan fingerprint density at radius 2 is 1.67 bits per heavy atom. The Morgan fingerprint density at radius 3 is 2.26 bits per heavy atom. The fraction of sp³-hybridized carbons (Fsp3) is 0.364. The number of hydrogen-bond donors (Lipinski definition) is 1. The van der Waals surface area contributed by atoms with Gasteiger partial charge in [0.2, 0.25) is 5.91 Å². The Labute approximate surface area is 158 Å². The van der Waals surface area contributed by atoms with Crippen LogP contribution in [0.15, 0.2) is 53.3 Å². The molecule has 27 heavy (non-hydrogen) atoms. The van der Waals surface area contributed by atoms with Crippen LogP contribution in [0.25, 0.3) is 21.8 Å². The maximum absolute atomic E-state index is 13.2. The number of nitrogens with zero attached hydrogens (tertiary/aromatic N) is 2. The zero-order chi connectivity index (χ0) is 19.0. The number of fused-ring (bicyclic) bond motifs is 2. The van der Waals surface area contributed by atoms with Gasteiger partial charge >= 0.3 is 0 Å². The zero-order valence-electron chi connectivity index (χ0n) is 15.6. The molecule has 0 bridgehead atoms. The second-order valence-corrected chi connectivity index (χ2v) is 7.46. The molecule has 2 aromatic carbocycles. The molecule has 0 aliphatic carbocycles. The average Bonchev–Trinajstić information content (AvgIpc) is 2.71. The summed E-state index contributed by atoms with van der Waals surface area (Å²) in [4.78, 5) is 28.0. The molecule has 1 aromatic heterocycles. The highest BCUT2D eigenvalue weighted by Gasteiger charge is 2.29. The number of piperidine rings is 1. The molecule has 5 nitrogen and oxygen atoms in total. The molecule has 1 amide bonds. The van der Waals surface area contributed by atoms with Gasteiger partial charge in [0.15, 0.2) is 5.43 Å². The van der Waals surface area contributed by atoms with Gasteiger partial charge in [-0.15, -0.1) is 0 Å². The minimum Gasteiger partial charge on any atom is -0.337 e. The molecule has 2 N–H and O–H groups in total. The van der Waals surface area contributed by atoms with Gasteiger partial charge in [0.1, 0.15) is 6.54 Å². The van der Waals surface area contributed by atoms with E-state index >= 15 is 0 Å². The summed E-state index contributed by atoms with van der Waals surface area (Å²) < 4.78 is 1.97. The first-order valence-corrected chi connectivity index (χ1v) is 9.63. The first kappa shape index (κ1) is 17.7. The van der Waals surface area contributed by atoms with E-state index in [0.717, 1.165) is 36.8 Å². The zero-order valence-corrected chi connectivity index (χ0v) is 15.6. The van der Waals surface area contributed by atoms with Crippen molar-refractivity contribution < 1.29 is 4.79 Å². The monoisotopic (exact) mass is 363 g/mol. The van der Waals surface area contributed by atoms with Crippen molar-refractivity contribution in [2.24, 2.45) is 5.73 Å². The molecule has 0 saturated carbocycles. The van der Waals surface area contributed by atoms with E-state index in [1.807, 2.05) is 64.9 Å². The van der Waals surface area contributed by atoms with Crippen molar-refractivity contribution in [1.82, 2.24) is 9.47 Å². The largest absolute Gasteiger partial charge is 0.337 e. The number of amides is 1. The summed E-state index contributed by atoms with van der Waals surface area (Å²) in [7, 11) is 0. The van der Waals surface area contributed by atoms with Crippen LogP contribution in [0.1, 0.15) is 26.2 Å². The number of likely N-dealkylation sites (tertiary alicyclic amines) is 1. The van der Waals surface area contributed by atoms with E-state index in [0.29, 0.717) is 10.8 Å². The molecule has 1 saturated heterocycles. The van der Waals surface area contributed by atoms with Gasteiger partial charge in [-0.2, -0.15) is 0 Å². The summed E-state index contributed by atoms with van der Waals surface area (Å²) in [6.07, 6.45) is 3.08. The van der Waals surface area contributed by atoms with E-state index in [-0.39, 0.29) is 30.0 Å². The van der Waals surface area contributed by atoms with Gasteiger partial charge in [0.25, 0.3) is 0 Å². The molecule has 2 unspecified atom stereocenters. The van der Waals surface area contributed by atoms with Crippen LogP contribution < -0.4 is 11.2 Å². The van der Waals surface area contributed by atoms with Crippen LogP contribution in [0, 0.1) is 0 Å². The predicted molar refractivity (Wildman–Crippen MR) is 109 cm³/mol. The van der Waals surface area contributed by atoms with Gasteiger partial charge in [-0.1, -0.05) is 24.3 Å². The van der Waals surface area contributed by atoms with Crippen molar-refractivity contribution in [1.29, 1.82) is 0 Å². The number of carbonyl (C=O) groups excluding carboxylic acids is 1. The van der Waals surface area contributed by atoms with Crippen molar-refractivity contribution in [3.05, 3.63) is 58.8 Å². The molecule has 0 radical (unpaired) electrons. The topological polar surface area (TPSA) is 68.3 Å². The van der Waals surface area contributed by atoms with Crippen molar-refractivity contribution in [3.8, 4) is 0 Å². The molecular formula is C22H25N3O2. The van der Waals surface area contributed by atoms with Crippen molar-refractivity contribution >= 4 is 27.7 Å². The van der Waals surface area contributed by atoms with Crippen LogP contribution >= 0.6 is 0 Å². The quantitative estimate of drug-likeness (QED) is 0.728. The Morgan fingerprint density at radius 1 is 1.07 bits per heavy atom. The molecule has 0 spiro atoms. The molecule has 2 atom stereocenters. The molecular weight excluding hydrogens is 338 g/mol. The fourth-order valence-electron chi connectivity index (χ4n) is 4.29. The molecule has 140 valence electrons. The summed E-state index contributed by atoms with van der Waals surface area (Å²) in [6.45, 7) is 2.94. The van der Waals surface area contributed by atoms with Crippen LogP contribution in [0.3, 0.4) is 0 Å². The van der Waals surface area contributed by atoms with Crippen LogP contribution in [0.5, 0.6) is 0 Å². The third-order valence-corrected chi connectivity index (χ3v) is 5.65. The lowest BCUT2D eigenvalue weighted by atomic mass is 9.97. The molecule has 5 heteroatoms. The number of rotatable bonds is 3. The number of aromatic nitrogens is 1. The van der Waals surface area contributed by atoms with Gasteiger partial charge in [0.05, 0.1) is 11.0 Å². The van der Waals surface area contributed by atoms with Crippen molar-refractivity contribution in [3.63, 3.8) is 0 Å². The number of hydrogen-bond acceptors (Lipinski definition) is 3. The Bertz CT molecular complexity index is 994. The summed E-state index contributed by atoms with van der Waals surface area (Å²) >= 11 is 0. The van der Waals surface area contributed by atoms with Crippen LogP contribution in [-0.2, 0) is 11.3 Å². The Balaban J connectivity index is 1.82. The maximum atomic E-state index is 13.2. The first-order valence-electron chi connectivity index (χ1n) is 9.63. The highest BCUT2D eigenvalue weighted by molar-refractivity contribution is 5.94. The third-order valence-electron chi connectivity index (χ3n) is 5.65. The van der Waals surface area contributed by atoms with Crippen molar-refractivity contribution in [2.75, 3.05) is 6.54 Å². The van der Waals surface area contributed by atoms with Gasteiger partial charge < -0.3 is 15.2 Å². The van der Waals surface area contributed by atoms with Crippen LogP contribution in [-0.4, -0.2) is 34.0 Å². The van der Waals surface area contributed by atoms with Gasteiger partial charge in [-0.25, -0.2) is 0 Å². The van der Waals surface area contributed by atoms with E-state index in [9.17, 15) is 9.59 Å². The lowest BCUT2D eigenvalue weighted by Gasteiger charge is -2.38. The second-order valence-electron chi connectivity index (χ2n) is 7.46. The van der Waals surface area contributed by atoms with Gasteiger partial charge in [-0.3, -0.25) is 9.59 Å². The third kappa shape index (κ3) is 3.12. The fourth-order valence-corrected chi connectivity index (χ4v) is 4.29. The normalized spacial score (nSPS) is 18.7. The molecule has 3 aromatic rings. The summed E-state index contributed by atoms with van der Waals surface area (Å²) in [5.41, 5.74) is 7.75. The summed E-state index contributed by atoms with van der Waals surface area (Å²) in [5.74, 6) is 0.0657. The van der Waals surface area contributed by atoms with Gasteiger partial charge in [0, 0.05) is 29.4 Å². The second kappa shape index (κ2) is 7.16. The highest BCUT2D eigenvalue weighted by atomic mass is 16.2. The molecule has 1 fully saturated rings. The predicted octanol–water partition coefficient (Wildman–Crippen LogP) is 2.88. The van der Waals surface area contributed by atoms with Crippen LogP contribution in [0.2, 0.25) is 0 Å². The lowest BCUT2D eigenvalue weighted by Crippen LogP contribution is -2.52. The molecule has 1 aliphatic rings. The highest BCUT2D eigenvalue weighted by Crippen LogP contribution is 2.22.